The number of hydrogen-bond donors (Lipinski definition) is 1. The second kappa shape index (κ2) is 8.24. The molecule has 2 N–H and O–H groups in total. The van der Waals surface area contributed by atoms with E-state index in [1.165, 1.54) is 6.07 Å². The third-order valence-corrected chi connectivity index (χ3v) is 6.93. The summed E-state index contributed by atoms with van der Waals surface area (Å²) >= 11 is 3.10. The van der Waals surface area contributed by atoms with Gasteiger partial charge in [-0.2, -0.15) is 0 Å². The Balaban J connectivity index is 1.34. The molecule has 0 aliphatic heterocycles. The highest BCUT2D eigenvalue weighted by Gasteiger charge is 2.31. The number of benzene rings is 2. The highest BCUT2D eigenvalue weighted by molar-refractivity contribution is 7.98. The number of nitrogens with two attached hydrogens (primary N) is 1. The van der Waals surface area contributed by atoms with Gasteiger partial charge in [0.15, 0.2) is 11.0 Å². The molecule has 1 aliphatic rings. The molecular weight excluding hydrogens is 433 g/mol. The van der Waals surface area contributed by atoms with E-state index in [-0.39, 0.29) is 5.82 Å². The third kappa shape index (κ3) is 4.11. The van der Waals surface area contributed by atoms with Crippen molar-refractivity contribution in [3.05, 3.63) is 71.0 Å². The van der Waals surface area contributed by atoms with E-state index in [9.17, 15) is 9.18 Å². The van der Waals surface area contributed by atoms with E-state index in [0.29, 0.717) is 28.7 Å². The van der Waals surface area contributed by atoms with Crippen LogP contribution in [0.1, 0.15) is 34.9 Å². The minimum Gasteiger partial charge on any atom is -0.366 e. The highest BCUT2D eigenvalue weighted by atomic mass is 32.2. The highest BCUT2D eigenvalue weighted by Crippen LogP contribution is 2.42. The Labute approximate surface area is 186 Å². The van der Waals surface area contributed by atoms with Crippen LogP contribution < -0.4 is 5.73 Å². The summed E-state index contributed by atoms with van der Waals surface area (Å²) in [4.78, 5) is 15.9. The minimum absolute atomic E-state index is 0.292. The number of aromatic nitrogens is 4. The summed E-state index contributed by atoms with van der Waals surface area (Å²) in [5.41, 5.74) is 8.12. The predicted octanol–water partition coefficient (Wildman–Crippen LogP) is 4.93. The first kappa shape index (κ1) is 19.9. The number of carbonyl (C=O) groups excluding carboxylic acids is 1. The molecule has 4 aromatic rings. The molecule has 0 bridgehead atoms. The smallest absolute Gasteiger partial charge is 0.248 e. The number of amides is 1. The van der Waals surface area contributed by atoms with Gasteiger partial charge in [-0.05, 0) is 37.1 Å². The largest absolute Gasteiger partial charge is 0.366 e. The molecule has 1 aliphatic carbocycles. The van der Waals surface area contributed by atoms with Gasteiger partial charge in [0.2, 0.25) is 5.91 Å². The van der Waals surface area contributed by atoms with Crippen LogP contribution in [0.5, 0.6) is 0 Å². The SMILES string of the molecule is NC(=O)c1ccc(-c2nc(CSc3nnc(-c4ccccc4F)n3C3CC3)cs2)cc1. The standard InChI is InChI=1S/C22H18FN5OS2/c23-18-4-2-1-3-17(18)20-26-27-22(28(20)16-9-10-16)31-12-15-11-30-21(25-15)14-7-5-13(6-8-14)19(24)29/h1-8,11,16H,9-10,12H2,(H2,24,29). The molecule has 156 valence electrons. The fourth-order valence-electron chi connectivity index (χ4n) is 3.28. The number of halogens is 1. The summed E-state index contributed by atoms with van der Waals surface area (Å²) in [7, 11) is 0. The third-order valence-electron chi connectivity index (χ3n) is 5.01. The zero-order chi connectivity index (χ0) is 21.4. The zero-order valence-corrected chi connectivity index (χ0v) is 18.0. The van der Waals surface area contributed by atoms with Crippen LogP contribution in [0.25, 0.3) is 22.0 Å². The normalized spacial score (nSPS) is 13.5. The van der Waals surface area contributed by atoms with E-state index in [4.69, 9.17) is 10.7 Å². The van der Waals surface area contributed by atoms with Crippen LogP contribution in [0.3, 0.4) is 0 Å². The molecule has 31 heavy (non-hydrogen) atoms. The average Bonchev–Trinajstić information content (AvgIpc) is 3.35. The Morgan fingerprint density at radius 3 is 2.65 bits per heavy atom. The number of nitrogens with zero attached hydrogens (tertiary/aromatic N) is 4. The summed E-state index contributed by atoms with van der Waals surface area (Å²) in [5, 5.41) is 12.3. The van der Waals surface area contributed by atoms with Gasteiger partial charge in [0, 0.05) is 28.3 Å². The van der Waals surface area contributed by atoms with Crippen LogP contribution in [0.4, 0.5) is 4.39 Å². The molecule has 2 aromatic heterocycles. The van der Waals surface area contributed by atoms with E-state index >= 15 is 0 Å². The number of hydrogen-bond acceptors (Lipinski definition) is 6. The molecule has 0 atom stereocenters. The summed E-state index contributed by atoms with van der Waals surface area (Å²) in [6.45, 7) is 0. The summed E-state index contributed by atoms with van der Waals surface area (Å²) < 4.78 is 16.4. The number of rotatable bonds is 7. The van der Waals surface area contributed by atoms with E-state index < -0.39 is 5.91 Å². The van der Waals surface area contributed by atoms with Gasteiger partial charge in [0.05, 0.1) is 11.3 Å². The van der Waals surface area contributed by atoms with Crippen LogP contribution in [0.2, 0.25) is 0 Å². The molecule has 1 fully saturated rings. The fraction of sp³-hybridized carbons (Fsp3) is 0.182. The van der Waals surface area contributed by atoms with Crippen LogP contribution in [0, 0.1) is 5.82 Å². The van der Waals surface area contributed by atoms with E-state index in [0.717, 1.165) is 34.3 Å². The number of primary amides is 1. The lowest BCUT2D eigenvalue weighted by molar-refractivity contribution is 0.100. The zero-order valence-electron chi connectivity index (χ0n) is 16.4. The maximum absolute atomic E-state index is 14.3. The average molecular weight is 452 g/mol. The van der Waals surface area contributed by atoms with Crippen molar-refractivity contribution in [1.82, 2.24) is 19.7 Å². The molecular formula is C22H18FN5OS2. The predicted molar refractivity (Wildman–Crippen MR) is 119 cm³/mol. The van der Waals surface area contributed by atoms with Gasteiger partial charge >= 0.3 is 0 Å². The van der Waals surface area contributed by atoms with Crippen molar-refractivity contribution in [3.63, 3.8) is 0 Å². The van der Waals surface area contributed by atoms with Crippen LogP contribution in [-0.2, 0) is 5.75 Å². The minimum atomic E-state index is -0.447. The second-order valence-corrected chi connectivity index (χ2v) is 9.06. The first-order valence-corrected chi connectivity index (χ1v) is 11.6. The molecule has 0 unspecified atom stereocenters. The van der Waals surface area contributed by atoms with Gasteiger partial charge in [-0.25, -0.2) is 9.37 Å². The van der Waals surface area contributed by atoms with Crippen molar-refractivity contribution < 1.29 is 9.18 Å². The molecule has 2 aromatic carbocycles. The van der Waals surface area contributed by atoms with Crippen molar-refractivity contribution in [1.29, 1.82) is 0 Å². The topological polar surface area (TPSA) is 86.7 Å². The molecule has 0 radical (unpaired) electrons. The Morgan fingerprint density at radius 1 is 1.16 bits per heavy atom. The Morgan fingerprint density at radius 2 is 1.94 bits per heavy atom. The van der Waals surface area contributed by atoms with Crippen molar-refractivity contribution in [2.45, 2.75) is 29.8 Å². The molecule has 1 saturated carbocycles. The molecule has 2 heterocycles. The van der Waals surface area contributed by atoms with Gasteiger partial charge in [-0.3, -0.25) is 9.36 Å². The number of carbonyl (C=O) groups is 1. The van der Waals surface area contributed by atoms with Crippen molar-refractivity contribution in [2.24, 2.45) is 5.73 Å². The van der Waals surface area contributed by atoms with E-state index in [1.54, 1.807) is 47.4 Å². The second-order valence-electron chi connectivity index (χ2n) is 7.26. The fourth-order valence-corrected chi connectivity index (χ4v) is 5.11. The van der Waals surface area contributed by atoms with Gasteiger partial charge in [0.25, 0.3) is 0 Å². The van der Waals surface area contributed by atoms with E-state index in [2.05, 4.69) is 14.8 Å². The molecule has 5 rings (SSSR count). The lowest BCUT2D eigenvalue weighted by Crippen LogP contribution is -2.10. The summed E-state index contributed by atoms with van der Waals surface area (Å²) in [6, 6.07) is 14.1. The van der Waals surface area contributed by atoms with Crippen LogP contribution in [0.15, 0.2) is 59.1 Å². The molecule has 0 spiro atoms. The molecule has 0 saturated heterocycles. The van der Waals surface area contributed by atoms with Crippen molar-refractivity contribution in [2.75, 3.05) is 0 Å². The number of thiazole rings is 1. The van der Waals surface area contributed by atoms with E-state index in [1.807, 2.05) is 23.6 Å². The van der Waals surface area contributed by atoms with Crippen LogP contribution >= 0.6 is 23.1 Å². The van der Waals surface area contributed by atoms with Gasteiger partial charge < -0.3 is 5.73 Å². The van der Waals surface area contributed by atoms with Gasteiger partial charge in [-0.1, -0.05) is 36.0 Å². The monoisotopic (exact) mass is 451 g/mol. The van der Waals surface area contributed by atoms with Gasteiger partial charge in [-0.15, -0.1) is 21.5 Å². The number of thioether (sulfide) groups is 1. The van der Waals surface area contributed by atoms with Crippen molar-refractivity contribution >= 4 is 29.0 Å². The maximum Gasteiger partial charge on any atom is 0.248 e. The first-order chi connectivity index (χ1) is 15.1. The summed E-state index contributed by atoms with van der Waals surface area (Å²) in [6.07, 6.45) is 2.10. The maximum atomic E-state index is 14.3. The lowest BCUT2D eigenvalue weighted by atomic mass is 10.1. The molecule has 6 nitrogen and oxygen atoms in total. The lowest BCUT2D eigenvalue weighted by Gasteiger charge is -2.09. The summed E-state index contributed by atoms with van der Waals surface area (Å²) in [5.74, 6) is 0.478. The molecule has 1 amide bonds. The quantitative estimate of drug-likeness (QED) is 0.403. The first-order valence-electron chi connectivity index (χ1n) is 9.77. The Hall–Kier alpha value is -3.04. The Kier molecular flexibility index (Phi) is 5.29. The van der Waals surface area contributed by atoms with Gasteiger partial charge in [0.1, 0.15) is 10.8 Å². The van der Waals surface area contributed by atoms with Crippen LogP contribution in [-0.4, -0.2) is 25.7 Å². The van der Waals surface area contributed by atoms with Crippen molar-refractivity contribution in [3.8, 4) is 22.0 Å². The Bertz CT molecular complexity index is 1250. The molecule has 9 heteroatoms.